The van der Waals surface area contributed by atoms with E-state index in [0.29, 0.717) is 47.5 Å². The van der Waals surface area contributed by atoms with E-state index < -0.39 is 10.0 Å². The van der Waals surface area contributed by atoms with E-state index in [9.17, 15) is 8.42 Å². The fraction of sp³-hybridized carbons (Fsp3) is 0.296. The van der Waals surface area contributed by atoms with Gasteiger partial charge in [0, 0.05) is 25.0 Å². The van der Waals surface area contributed by atoms with Crippen molar-refractivity contribution in [3.63, 3.8) is 0 Å². The lowest BCUT2D eigenvalue weighted by atomic mass is 10.1. The number of fused-ring (bicyclic) bond motifs is 1. The number of piperidine rings is 1. The van der Waals surface area contributed by atoms with Gasteiger partial charge in [-0.05, 0) is 85.5 Å². The number of hydrogen-bond acceptors (Lipinski definition) is 7. The molecule has 0 unspecified atom stereocenters. The molecule has 188 valence electrons. The topological polar surface area (TPSA) is 89.5 Å². The molecule has 2 aliphatic heterocycles. The monoisotopic (exact) mass is 507 g/mol. The van der Waals surface area contributed by atoms with Gasteiger partial charge in [0.15, 0.2) is 11.5 Å². The van der Waals surface area contributed by atoms with E-state index in [0.717, 1.165) is 37.9 Å². The molecule has 1 fully saturated rings. The van der Waals surface area contributed by atoms with Crippen LogP contribution in [0.4, 0.5) is 17.1 Å². The zero-order valence-corrected chi connectivity index (χ0v) is 21.0. The Morgan fingerprint density at radius 2 is 1.67 bits per heavy atom. The molecule has 0 spiro atoms. The third kappa shape index (κ3) is 5.41. The first-order chi connectivity index (χ1) is 17.5. The van der Waals surface area contributed by atoms with Crippen LogP contribution in [-0.4, -0.2) is 48.0 Å². The van der Waals surface area contributed by atoms with Gasteiger partial charge < -0.3 is 19.1 Å². The minimum atomic E-state index is -3.87. The molecule has 0 saturated carbocycles. The third-order valence-corrected chi connectivity index (χ3v) is 7.61. The highest BCUT2D eigenvalue weighted by molar-refractivity contribution is 7.92. The van der Waals surface area contributed by atoms with E-state index in [1.165, 1.54) is 0 Å². The van der Waals surface area contributed by atoms with Crippen molar-refractivity contribution in [2.45, 2.75) is 24.2 Å². The molecule has 8 nitrogen and oxygen atoms in total. The van der Waals surface area contributed by atoms with Crippen LogP contribution in [0.2, 0.25) is 0 Å². The van der Waals surface area contributed by atoms with Crippen LogP contribution in [0.5, 0.6) is 17.2 Å². The molecule has 2 aliphatic rings. The number of ether oxygens (including phenoxy) is 3. The number of benzene rings is 3. The van der Waals surface area contributed by atoms with Crippen LogP contribution in [0, 0.1) is 0 Å². The number of sulfonamides is 1. The molecular formula is C27H29N3O5S. The van der Waals surface area contributed by atoms with E-state index in [1.807, 2.05) is 30.3 Å². The van der Waals surface area contributed by atoms with Crippen LogP contribution in [0.1, 0.15) is 24.8 Å². The number of aliphatic imine (C=N–C) groups is 1. The van der Waals surface area contributed by atoms with Crippen molar-refractivity contribution < 1.29 is 22.6 Å². The second kappa shape index (κ2) is 10.5. The molecule has 1 N–H and O–H groups in total. The first-order valence-electron chi connectivity index (χ1n) is 12.0. The quantitative estimate of drug-likeness (QED) is 0.453. The Labute approximate surface area is 211 Å². The van der Waals surface area contributed by atoms with Gasteiger partial charge in [-0.2, -0.15) is 0 Å². The van der Waals surface area contributed by atoms with Gasteiger partial charge in [-0.3, -0.25) is 9.71 Å². The minimum absolute atomic E-state index is 0.206. The maximum atomic E-state index is 13.6. The number of nitrogens with zero attached hydrogens (tertiary/aromatic N) is 2. The summed E-state index contributed by atoms with van der Waals surface area (Å²) in [5, 5.41) is 0. The standard InChI is InChI=1S/C27H29N3O5S/c1-33-23-9-6-21(7-10-23)29-36(31,32)27-18-22(8-11-24(27)30-13-3-2-4-14-30)28-19-20-5-12-25-26(17-20)35-16-15-34-25/h5-12,17-19,29H,2-4,13-16H2,1H3. The predicted octanol–water partition coefficient (Wildman–Crippen LogP) is 5.01. The number of rotatable bonds is 7. The maximum absolute atomic E-state index is 13.6. The van der Waals surface area contributed by atoms with Crippen molar-refractivity contribution in [3.05, 3.63) is 66.2 Å². The summed E-state index contributed by atoms with van der Waals surface area (Å²) >= 11 is 0. The van der Waals surface area contributed by atoms with Gasteiger partial charge in [-0.1, -0.05) is 0 Å². The van der Waals surface area contributed by atoms with Crippen LogP contribution in [0.3, 0.4) is 0 Å². The number of nitrogens with one attached hydrogen (secondary N) is 1. The summed E-state index contributed by atoms with van der Waals surface area (Å²) in [7, 11) is -2.30. The van der Waals surface area contributed by atoms with Crippen molar-refractivity contribution in [2.75, 3.05) is 43.0 Å². The van der Waals surface area contributed by atoms with Crippen LogP contribution in [0.25, 0.3) is 0 Å². The van der Waals surface area contributed by atoms with E-state index in [2.05, 4.69) is 14.6 Å². The highest BCUT2D eigenvalue weighted by Gasteiger charge is 2.24. The largest absolute Gasteiger partial charge is 0.497 e. The Bertz CT molecular complexity index is 1350. The highest BCUT2D eigenvalue weighted by Crippen LogP contribution is 2.34. The van der Waals surface area contributed by atoms with Crippen LogP contribution < -0.4 is 23.8 Å². The van der Waals surface area contributed by atoms with Gasteiger partial charge in [0.2, 0.25) is 0 Å². The molecule has 5 rings (SSSR count). The smallest absolute Gasteiger partial charge is 0.264 e. The van der Waals surface area contributed by atoms with Gasteiger partial charge in [0.25, 0.3) is 10.0 Å². The summed E-state index contributed by atoms with van der Waals surface area (Å²) in [6, 6.07) is 17.7. The Balaban J connectivity index is 1.46. The SMILES string of the molecule is COc1ccc(NS(=O)(=O)c2cc(N=Cc3ccc4c(c3)OCCO4)ccc2N2CCCCC2)cc1. The van der Waals surface area contributed by atoms with Crippen LogP contribution >= 0.6 is 0 Å². The molecule has 1 saturated heterocycles. The first kappa shape index (κ1) is 24.0. The zero-order chi connectivity index (χ0) is 25.0. The fourth-order valence-electron chi connectivity index (χ4n) is 4.35. The molecule has 0 atom stereocenters. The molecule has 9 heteroatoms. The molecule has 3 aromatic rings. The lowest BCUT2D eigenvalue weighted by Crippen LogP contribution is -2.31. The predicted molar refractivity (Wildman–Crippen MR) is 141 cm³/mol. The molecule has 0 bridgehead atoms. The molecule has 0 amide bonds. The Hall–Kier alpha value is -3.72. The second-order valence-electron chi connectivity index (χ2n) is 8.70. The average Bonchev–Trinajstić information content (AvgIpc) is 2.92. The number of anilines is 2. The maximum Gasteiger partial charge on any atom is 0.264 e. The molecule has 2 heterocycles. The summed E-state index contributed by atoms with van der Waals surface area (Å²) < 4.78 is 46.2. The lowest BCUT2D eigenvalue weighted by molar-refractivity contribution is 0.171. The van der Waals surface area contributed by atoms with Gasteiger partial charge in [-0.25, -0.2) is 8.42 Å². The van der Waals surface area contributed by atoms with Crippen molar-refractivity contribution in [1.29, 1.82) is 0 Å². The van der Waals surface area contributed by atoms with E-state index in [1.54, 1.807) is 43.7 Å². The number of hydrogen-bond donors (Lipinski definition) is 1. The van der Waals surface area contributed by atoms with Crippen molar-refractivity contribution >= 4 is 33.3 Å². The summed E-state index contributed by atoms with van der Waals surface area (Å²) in [5.74, 6) is 2.04. The van der Waals surface area contributed by atoms with Crippen molar-refractivity contribution in [1.82, 2.24) is 0 Å². The minimum Gasteiger partial charge on any atom is -0.497 e. The van der Waals surface area contributed by atoms with Gasteiger partial charge >= 0.3 is 0 Å². The van der Waals surface area contributed by atoms with E-state index in [4.69, 9.17) is 14.2 Å². The van der Waals surface area contributed by atoms with Crippen LogP contribution in [0.15, 0.2) is 70.6 Å². The molecular weight excluding hydrogens is 478 g/mol. The normalized spacial score (nSPS) is 15.6. The summed E-state index contributed by atoms with van der Waals surface area (Å²) in [5.41, 5.74) is 2.53. The Kier molecular flexibility index (Phi) is 6.99. The lowest BCUT2D eigenvalue weighted by Gasteiger charge is -2.30. The highest BCUT2D eigenvalue weighted by atomic mass is 32.2. The summed E-state index contributed by atoms with van der Waals surface area (Å²) in [6.07, 6.45) is 4.92. The van der Waals surface area contributed by atoms with Gasteiger partial charge in [-0.15, -0.1) is 0 Å². The Morgan fingerprint density at radius 3 is 2.42 bits per heavy atom. The van der Waals surface area contributed by atoms with E-state index >= 15 is 0 Å². The second-order valence-corrected chi connectivity index (χ2v) is 10.3. The fourth-order valence-corrected chi connectivity index (χ4v) is 5.66. The van der Waals surface area contributed by atoms with Crippen LogP contribution in [-0.2, 0) is 10.0 Å². The van der Waals surface area contributed by atoms with E-state index in [-0.39, 0.29) is 4.90 Å². The molecule has 0 radical (unpaired) electrons. The zero-order valence-electron chi connectivity index (χ0n) is 20.1. The third-order valence-electron chi connectivity index (χ3n) is 6.20. The number of methoxy groups -OCH3 is 1. The Morgan fingerprint density at radius 1 is 0.917 bits per heavy atom. The molecule has 0 aliphatic carbocycles. The van der Waals surface area contributed by atoms with Crippen molar-refractivity contribution in [2.24, 2.45) is 4.99 Å². The summed E-state index contributed by atoms with van der Waals surface area (Å²) in [6.45, 7) is 2.69. The molecule has 0 aromatic heterocycles. The average molecular weight is 508 g/mol. The molecule has 36 heavy (non-hydrogen) atoms. The van der Waals surface area contributed by atoms with Gasteiger partial charge in [0.05, 0.1) is 18.5 Å². The van der Waals surface area contributed by atoms with Crippen molar-refractivity contribution in [3.8, 4) is 17.2 Å². The summed E-state index contributed by atoms with van der Waals surface area (Å²) in [4.78, 5) is 6.91. The first-order valence-corrected chi connectivity index (χ1v) is 13.5. The van der Waals surface area contributed by atoms with Gasteiger partial charge in [0.1, 0.15) is 23.9 Å². The molecule has 3 aromatic carbocycles.